The Hall–Kier alpha value is -3.26. The quantitative estimate of drug-likeness (QED) is 0.294. The summed E-state index contributed by atoms with van der Waals surface area (Å²) in [4.78, 5) is 18.4. The molecule has 3 aromatic carbocycles. The minimum Gasteiger partial charge on any atom is -0.497 e. The second kappa shape index (κ2) is 11.0. The van der Waals surface area contributed by atoms with Crippen LogP contribution in [0.2, 0.25) is 10.0 Å². The number of aromatic nitrogens is 1. The first-order valence-electron chi connectivity index (χ1n) is 10.7. The van der Waals surface area contributed by atoms with Crippen molar-refractivity contribution in [2.75, 3.05) is 12.5 Å². The topological polar surface area (TPSA) is 64.8 Å². The first-order valence-corrected chi connectivity index (χ1v) is 12.4. The molecule has 6 nitrogen and oxygen atoms in total. The number of halogens is 2. The SMILES string of the molecule is COc1ccc(-c2csc(=Nc3cccc(Cl)c3)n2NC(=O)C(C)Oc2ccc(Cl)cc2C)cc1. The lowest BCUT2D eigenvalue weighted by atomic mass is 10.2. The monoisotopic (exact) mass is 527 g/mol. The van der Waals surface area contributed by atoms with E-state index >= 15 is 0 Å². The zero-order valence-electron chi connectivity index (χ0n) is 19.3. The van der Waals surface area contributed by atoms with Crippen molar-refractivity contribution in [2.45, 2.75) is 20.0 Å². The van der Waals surface area contributed by atoms with Gasteiger partial charge < -0.3 is 9.47 Å². The van der Waals surface area contributed by atoms with Gasteiger partial charge in [0.1, 0.15) is 11.5 Å². The highest BCUT2D eigenvalue weighted by atomic mass is 35.5. The second-order valence-electron chi connectivity index (χ2n) is 7.71. The zero-order chi connectivity index (χ0) is 24.9. The summed E-state index contributed by atoms with van der Waals surface area (Å²) in [6.45, 7) is 3.57. The van der Waals surface area contributed by atoms with Gasteiger partial charge in [-0.25, -0.2) is 9.67 Å². The van der Waals surface area contributed by atoms with Crippen molar-refractivity contribution in [1.82, 2.24) is 4.68 Å². The van der Waals surface area contributed by atoms with Crippen LogP contribution in [0.5, 0.6) is 11.5 Å². The van der Waals surface area contributed by atoms with Crippen molar-refractivity contribution in [1.29, 1.82) is 0 Å². The van der Waals surface area contributed by atoms with Gasteiger partial charge in [-0.2, -0.15) is 0 Å². The number of rotatable bonds is 7. The van der Waals surface area contributed by atoms with Crippen LogP contribution in [0.3, 0.4) is 0 Å². The number of nitrogens with one attached hydrogen (secondary N) is 1. The van der Waals surface area contributed by atoms with Gasteiger partial charge in [0.2, 0.25) is 4.80 Å². The molecule has 0 spiro atoms. The van der Waals surface area contributed by atoms with Crippen LogP contribution in [-0.2, 0) is 4.79 Å². The third-order valence-corrected chi connectivity index (χ3v) is 6.45. The number of nitrogens with zero attached hydrogens (tertiary/aromatic N) is 2. The standard InChI is InChI=1S/C26H23Cl2N3O3S/c1-16-13-20(28)9-12-24(16)34-17(2)25(32)30-31-23(18-7-10-22(33-3)11-8-18)15-35-26(31)29-21-6-4-5-19(27)14-21/h4-15,17H,1-3H3,(H,30,32). The highest BCUT2D eigenvalue weighted by molar-refractivity contribution is 7.07. The molecule has 35 heavy (non-hydrogen) atoms. The van der Waals surface area contributed by atoms with Crippen molar-refractivity contribution in [2.24, 2.45) is 4.99 Å². The molecule has 180 valence electrons. The summed E-state index contributed by atoms with van der Waals surface area (Å²) in [5.74, 6) is 0.996. The number of amides is 1. The van der Waals surface area contributed by atoms with Crippen molar-refractivity contribution < 1.29 is 14.3 Å². The summed E-state index contributed by atoms with van der Waals surface area (Å²) in [5.41, 5.74) is 6.12. The number of aryl methyl sites for hydroxylation is 1. The summed E-state index contributed by atoms with van der Waals surface area (Å²) in [5, 5.41) is 3.12. The Bertz CT molecular complexity index is 1410. The fourth-order valence-electron chi connectivity index (χ4n) is 3.31. The summed E-state index contributed by atoms with van der Waals surface area (Å²) in [6, 6.07) is 20.1. The minimum absolute atomic E-state index is 0.333. The number of ether oxygens (including phenoxy) is 2. The van der Waals surface area contributed by atoms with E-state index in [9.17, 15) is 4.79 Å². The molecular formula is C26H23Cl2N3O3S. The summed E-state index contributed by atoms with van der Waals surface area (Å²) in [6.07, 6.45) is -0.773. The molecule has 0 radical (unpaired) electrons. The number of benzene rings is 3. The predicted molar refractivity (Wildman–Crippen MR) is 142 cm³/mol. The molecule has 4 rings (SSSR count). The maximum Gasteiger partial charge on any atom is 0.279 e. The largest absolute Gasteiger partial charge is 0.497 e. The molecule has 1 aromatic heterocycles. The van der Waals surface area contributed by atoms with E-state index in [-0.39, 0.29) is 5.91 Å². The van der Waals surface area contributed by atoms with Gasteiger partial charge in [0, 0.05) is 21.0 Å². The highest BCUT2D eigenvalue weighted by Gasteiger charge is 2.19. The Kier molecular flexibility index (Phi) is 7.80. The third-order valence-electron chi connectivity index (χ3n) is 5.16. The Morgan fingerprint density at radius 3 is 2.49 bits per heavy atom. The van der Waals surface area contributed by atoms with Crippen LogP contribution < -0.4 is 19.7 Å². The maximum atomic E-state index is 13.2. The van der Waals surface area contributed by atoms with E-state index < -0.39 is 6.10 Å². The number of hydrogen-bond donors (Lipinski definition) is 1. The van der Waals surface area contributed by atoms with Gasteiger partial charge in [0.05, 0.1) is 18.5 Å². The molecule has 9 heteroatoms. The molecule has 1 N–H and O–H groups in total. The second-order valence-corrected chi connectivity index (χ2v) is 9.41. The number of carbonyl (C=O) groups excluding carboxylic acids is 1. The van der Waals surface area contributed by atoms with Crippen molar-refractivity contribution >= 4 is 46.1 Å². The van der Waals surface area contributed by atoms with Crippen LogP contribution in [0.15, 0.2) is 77.1 Å². The first-order chi connectivity index (χ1) is 16.8. The lowest BCUT2D eigenvalue weighted by Crippen LogP contribution is -2.39. The number of thiazole rings is 1. The van der Waals surface area contributed by atoms with Gasteiger partial charge in [0.25, 0.3) is 5.91 Å². The molecule has 1 heterocycles. The van der Waals surface area contributed by atoms with E-state index in [2.05, 4.69) is 5.43 Å². The van der Waals surface area contributed by atoms with Gasteiger partial charge in [-0.15, -0.1) is 11.3 Å². The van der Waals surface area contributed by atoms with E-state index in [0.717, 1.165) is 22.6 Å². The summed E-state index contributed by atoms with van der Waals surface area (Å²) in [7, 11) is 1.62. The van der Waals surface area contributed by atoms with Crippen LogP contribution in [-0.4, -0.2) is 23.8 Å². The first kappa shape index (κ1) is 24.9. The van der Waals surface area contributed by atoms with E-state index in [1.165, 1.54) is 11.3 Å². The van der Waals surface area contributed by atoms with E-state index in [1.54, 1.807) is 49.0 Å². The molecule has 0 aliphatic rings. The van der Waals surface area contributed by atoms with Gasteiger partial charge in [0.15, 0.2) is 6.10 Å². The molecule has 4 aromatic rings. The predicted octanol–water partition coefficient (Wildman–Crippen LogP) is 6.61. The van der Waals surface area contributed by atoms with Crippen LogP contribution in [0, 0.1) is 6.92 Å². The number of methoxy groups -OCH3 is 1. The van der Waals surface area contributed by atoms with Gasteiger partial charge in [-0.1, -0.05) is 29.3 Å². The lowest BCUT2D eigenvalue weighted by Gasteiger charge is -2.18. The molecule has 0 aliphatic carbocycles. The number of carbonyl (C=O) groups is 1. The van der Waals surface area contributed by atoms with E-state index in [0.29, 0.717) is 26.3 Å². The fraction of sp³-hybridized carbons (Fsp3) is 0.154. The zero-order valence-corrected chi connectivity index (χ0v) is 21.6. The molecule has 0 saturated carbocycles. The van der Waals surface area contributed by atoms with Crippen molar-refractivity contribution in [3.8, 4) is 22.8 Å². The normalized spacial score (nSPS) is 12.3. The van der Waals surface area contributed by atoms with Gasteiger partial charge in [-0.05, 0) is 80.1 Å². The molecule has 0 fully saturated rings. The summed E-state index contributed by atoms with van der Waals surface area (Å²) < 4.78 is 12.8. The molecular weight excluding hydrogens is 505 g/mol. The fourth-order valence-corrected chi connectivity index (χ4v) is 4.58. The van der Waals surface area contributed by atoms with E-state index in [1.807, 2.05) is 48.7 Å². The maximum absolute atomic E-state index is 13.2. The number of hydrogen-bond acceptors (Lipinski definition) is 5. The van der Waals surface area contributed by atoms with E-state index in [4.69, 9.17) is 37.7 Å². The van der Waals surface area contributed by atoms with Crippen LogP contribution in [0.25, 0.3) is 11.3 Å². The molecule has 0 aliphatic heterocycles. The Balaban J connectivity index is 1.68. The van der Waals surface area contributed by atoms with Crippen LogP contribution in [0.1, 0.15) is 12.5 Å². The Morgan fingerprint density at radius 2 is 1.80 bits per heavy atom. The van der Waals surface area contributed by atoms with Crippen molar-refractivity contribution in [3.05, 3.63) is 92.5 Å². The average Bonchev–Trinajstić information content (AvgIpc) is 3.22. The van der Waals surface area contributed by atoms with Crippen molar-refractivity contribution in [3.63, 3.8) is 0 Å². The molecule has 0 saturated heterocycles. The van der Waals surface area contributed by atoms with Gasteiger partial charge in [-0.3, -0.25) is 10.2 Å². The lowest BCUT2D eigenvalue weighted by molar-refractivity contribution is -0.123. The molecule has 1 amide bonds. The molecule has 0 bridgehead atoms. The Labute approximate surface area is 217 Å². The smallest absolute Gasteiger partial charge is 0.279 e. The highest BCUT2D eigenvalue weighted by Crippen LogP contribution is 2.25. The third kappa shape index (κ3) is 6.06. The van der Waals surface area contributed by atoms with Crippen LogP contribution >= 0.6 is 34.5 Å². The Morgan fingerprint density at radius 1 is 1.06 bits per heavy atom. The molecule has 1 atom stereocenters. The summed E-state index contributed by atoms with van der Waals surface area (Å²) >= 11 is 13.6. The average molecular weight is 528 g/mol. The minimum atomic E-state index is -0.773. The molecule has 1 unspecified atom stereocenters. The van der Waals surface area contributed by atoms with Crippen LogP contribution in [0.4, 0.5) is 5.69 Å². The van der Waals surface area contributed by atoms with Gasteiger partial charge >= 0.3 is 0 Å².